The van der Waals surface area contributed by atoms with Gasteiger partial charge in [0.25, 0.3) is 0 Å². The molecule has 2 aromatic carbocycles. The number of rotatable bonds is 3. The van der Waals surface area contributed by atoms with E-state index >= 15 is 0 Å². The fourth-order valence-electron chi connectivity index (χ4n) is 2.53. The molecule has 0 radical (unpaired) electrons. The zero-order valence-corrected chi connectivity index (χ0v) is 12.6. The molecular weight excluding hydrogens is 286 g/mol. The van der Waals surface area contributed by atoms with Crippen LogP contribution in [0.3, 0.4) is 0 Å². The van der Waals surface area contributed by atoms with Crippen LogP contribution in [0, 0.1) is 0 Å². The van der Waals surface area contributed by atoms with Crippen LogP contribution in [0.5, 0.6) is 5.75 Å². The average Bonchev–Trinajstić information content (AvgIpc) is 2.93. The Balaban J connectivity index is 1.97. The standard InChI is InChI=1S/C16H17NO3S/c1-21(18,19)14-4-2-3-12(10-14)16(17)13-5-6-15-11(9-13)7-8-20-15/h2-6,9-10,16H,7-8,17H2,1H3. The van der Waals surface area contributed by atoms with Crippen molar-refractivity contribution in [2.24, 2.45) is 5.73 Å². The molecule has 1 aliphatic rings. The highest BCUT2D eigenvalue weighted by Crippen LogP contribution is 2.30. The van der Waals surface area contributed by atoms with Crippen molar-refractivity contribution >= 4 is 9.84 Å². The summed E-state index contributed by atoms with van der Waals surface area (Å²) >= 11 is 0. The van der Waals surface area contributed by atoms with Gasteiger partial charge in [0.15, 0.2) is 9.84 Å². The summed E-state index contributed by atoms with van der Waals surface area (Å²) in [6.07, 6.45) is 2.09. The Morgan fingerprint density at radius 2 is 1.90 bits per heavy atom. The van der Waals surface area contributed by atoms with E-state index in [4.69, 9.17) is 10.5 Å². The van der Waals surface area contributed by atoms with E-state index < -0.39 is 9.84 Å². The molecule has 3 rings (SSSR count). The first-order valence-corrected chi connectivity index (χ1v) is 8.65. The summed E-state index contributed by atoms with van der Waals surface area (Å²) in [6, 6.07) is 12.4. The van der Waals surface area contributed by atoms with Gasteiger partial charge in [0.05, 0.1) is 17.5 Å². The Kier molecular flexibility index (Phi) is 3.47. The van der Waals surface area contributed by atoms with E-state index in [2.05, 4.69) is 0 Å². The number of hydrogen-bond donors (Lipinski definition) is 1. The number of fused-ring (bicyclic) bond motifs is 1. The first kappa shape index (κ1) is 14.1. The van der Waals surface area contributed by atoms with Crippen molar-refractivity contribution in [3.8, 4) is 5.75 Å². The number of ether oxygens (including phenoxy) is 1. The highest BCUT2D eigenvalue weighted by molar-refractivity contribution is 7.90. The summed E-state index contributed by atoms with van der Waals surface area (Å²) in [6.45, 7) is 0.706. The molecule has 0 aliphatic carbocycles. The summed E-state index contributed by atoms with van der Waals surface area (Å²) in [5.41, 5.74) is 9.19. The summed E-state index contributed by atoms with van der Waals surface area (Å²) in [7, 11) is -3.23. The Bertz CT molecular complexity index is 784. The van der Waals surface area contributed by atoms with Gasteiger partial charge in [-0.05, 0) is 34.9 Å². The van der Waals surface area contributed by atoms with Crippen LogP contribution in [0.25, 0.3) is 0 Å². The third kappa shape index (κ3) is 2.80. The Morgan fingerprint density at radius 1 is 1.14 bits per heavy atom. The number of hydrogen-bond acceptors (Lipinski definition) is 4. The molecule has 1 atom stereocenters. The quantitative estimate of drug-likeness (QED) is 0.942. The van der Waals surface area contributed by atoms with Crippen molar-refractivity contribution in [2.45, 2.75) is 17.4 Å². The second-order valence-corrected chi connectivity index (χ2v) is 7.30. The second kappa shape index (κ2) is 5.16. The minimum absolute atomic E-state index is 0.292. The Hall–Kier alpha value is -1.85. The van der Waals surface area contributed by atoms with Crippen LogP contribution in [0.1, 0.15) is 22.7 Å². The lowest BCUT2D eigenvalue weighted by atomic mass is 9.97. The molecule has 0 saturated heterocycles. The molecule has 5 heteroatoms. The van der Waals surface area contributed by atoms with Gasteiger partial charge in [-0.25, -0.2) is 8.42 Å². The zero-order chi connectivity index (χ0) is 15.0. The van der Waals surface area contributed by atoms with Gasteiger partial charge >= 0.3 is 0 Å². The van der Waals surface area contributed by atoms with Gasteiger partial charge < -0.3 is 10.5 Å². The van der Waals surface area contributed by atoms with Crippen LogP contribution in [0.15, 0.2) is 47.4 Å². The molecule has 21 heavy (non-hydrogen) atoms. The molecule has 0 saturated carbocycles. The molecular formula is C16H17NO3S. The molecule has 0 fully saturated rings. The SMILES string of the molecule is CS(=O)(=O)c1cccc(C(N)c2ccc3c(c2)CCO3)c1. The summed E-state index contributed by atoms with van der Waals surface area (Å²) in [5.74, 6) is 0.913. The van der Waals surface area contributed by atoms with Gasteiger partial charge in [0, 0.05) is 12.7 Å². The topological polar surface area (TPSA) is 69.4 Å². The van der Waals surface area contributed by atoms with E-state index in [1.54, 1.807) is 18.2 Å². The van der Waals surface area contributed by atoms with Crippen LogP contribution in [-0.4, -0.2) is 21.3 Å². The van der Waals surface area contributed by atoms with Gasteiger partial charge in [-0.1, -0.05) is 24.3 Å². The maximum absolute atomic E-state index is 11.6. The highest BCUT2D eigenvalue weighted by Gasteiger charge is 2.17. The molecule has 2 aromatic rings. The smallest absolute Gasteiger partial charge is 0.175 e. The minimum Gasteiger partial charge on any atom is -0.493 e. The van der Waals surface area contributed by atoms with Crippen LogP contribution in [-0.2, 0) is 16.3 Å². The molecule has 0 spiro atoms. The predicted molar refractivity (Wildman–Crippen MR) is 81.2 cm³/mol. The van der Waals surface area contributed by atoms with Crippen LogP contribution >= 0.6 is 0 Å². The lowest BCUT2D eigenvalue weighted by Crippen LogP contribution is -2.12. The second-order valence-electron chi connectivity index (χ2n) is 5.29. The fraction of sp³-hybridized carbons (Fsp3) is 0.250. The van der Waals surface area contributed by atoms with Crippen molar-refractivity contribution in [2.75, 3.05) is 12.9 Å². The van der Waals surface area contributed by atoms with Crippen LogP contribution in [0.4, 0.5) is 0 Å². The van der Waals surface area contributed by atoms with Crippen molar-refractivity contribution in [3.05, 3.63) is 59.2 Å². The van der Waals surface area contributed by atoms with Gasteiger partial charge in [-0.15, -0.1) is 0 Å². The van der Waals surface area contributed by atoms with Crippen molar-refractivity contribution in [1.29, 1.82) is 0 Å². The molecule has 1 unspecified atom stereocenters. The van der Waals surface area contributed by atoms with Crippen molar-refractivity contribution in [3.63, 3.8) is 0 Å². The minimum atomic E-state index is -3.23. The Morgan fingerprint density at radius 3 is 2.67 bits per heavy atom. The first-order chi connectivity index (χ1) is 9.95. The molecule has 2 N–H and O–H groups in total. The van der Waals surface area contributed by atoms with Crippen LogP contribution in [0.2, 0.25) is 0 Å². The van der Waals surface area contributed by atoms with E-state index in [1.807, 2.05) is 24.3 Å². The van der Waals surface area contributed by atoms with Crippen LogP contribution < -0.4 is 10.5 Å². The molecule has 1 heterocycles. The zero-order valence-electron chi connectivity index (χ0n) is 11.7. The first-order valence-electron chi connectivity index (χ1n) is 6.76. The Labute approximate surface area is 124 Å². The molecule has 110 valence electrons. The van der Waals surface area contributed by atoms with E-state index in [-0.39, 0.29) is 6.04 Å². The monoisotopic (exact) mass is 303 g/mol. The summed E-state index contributed by atoms with van der Waals surface area (Å²) < 4.78 is 28.8. The summed E-state index contributed by atoms with van der Waals surface area (Å²) in [4.78, 5) is 0.292. The lowest BCUT2D eigenvalue weighted by Gasteiger charge is -2.14. The number of nitrogens with two attached hydrogens (primary N) is 1. The summed E-state index contributed by atoms with van der Waals surface area (Å²) in [5, 5.41) is 0. The predicted octanol–water partition coefficient (Wildman–Crippen LogP) is 2.07. The van der Waals surface area contributed by atoms with Gasteiger partial charge in [-0.3, -0.25) is 0 Å². The number of benzene rings is 2. The molecule has 1 aliphatic heterocycles. The molecule has 0 aromatic heterocycles. The van der Waals surface area contributed by atoms with Gasteiger partial charge in [-0.2, -0.15) is 0 Å². The normalized spacial score (nSPS) is 15.3. The fourth-order valence-corrected chi connectivity index (χ4v) is 3.21. The largest absolute Gasteiger partial charge is 0.493 e. The molecule has 0 bridgehead atoms. The maximum atomic E-state index is 11.6. The molecule has 4 nitrogen and oxygen atoms in total. The van der Waals surface area contributed by atoms with Gasteiger partial charge in [0.1, 0.15) is 5.75 Å². The van der Waals surface area contributed by atoms with E-state index in [9.17, 15) is 8.42 Å². The highest BCUT2D eigenvalue weighted by atomic mass is 32.2. The van der Waals surface area contributed by atoms with Gasteiger partial charge in [0.2, 0.25) is 0 Å². The number of sulfone groups is 1. The maximum Gasteiger partial charge on any atom is 0.175 e. The van der Waals surface area contributed by atoms with Crippen molar-refractivity contribution < 1.29 is 13.2 Å². The van der Waals surface area contributed by atoms with E-state index in [0.717, 1.165) is 28.9 Å². The van der Waals surface area contributed by atoms with E-state index in [1.165, 1.54) is 6.26 Å². The lowest BCUT2D eigenvalue weighted by molar-refractivity contribution is 0.357. The van der Waals surface area contributed by atoms with E-state index in [0.29, 0.717) is 11.5 Å². The third-order valence-corrected chi connectivity index (χ3v) is 4.83. The molecule has 0 amide bonds. The van der Waals surface area contributed by atoms with Crippen molar-refractivity contribution in [1.82, 2.24) is 0 Å². The third-order valence-electron chi connectivity index (χ3n) is 3.72. The average molecular weight is 303 g/mol.